The average molecular weight is 371 g/mol. The van der Waals surface area contributed by atoms with Gasteiger partial charge in [-0.2, -0.15) is 4.80 Å². The van der Waals surface area contributed by atoms with E-state index in [1.54, 1.807) is 11.3 Å². The van der Waals surface area contributed by atoms with Crippen LogP contribution in [-0.4, -0.2) is 37.9 Å². The summed E-state index contributed by atoms with van der Waals surface area (Å²) in [5.74, 6) is 0.542. The second-order valence-electron chi connectivity index (χ2n) is 5.85. The Balaban J connectivity index is 1.55. The number of para-hydroxylation sites is 1. The van der Waals surface area contributed by atoms with Crippen LogP contribution in [0.1, 0.15) is 13.3 Å². The number of nitrogens with zero attached hydrogens (tertiary/aromatic N) is 5. The van der Waals surface area contributed by atoms with Gasteiger partial charge < -0.3 is 4.90 Å². The SMILES string of the molecule is C[C@H]1CCN(C(=O)Cn2nnc(-c3cccs3)n2)c2ccccc2S1. The van der Waals surface area contributed by atoms with E-state index in [0.29, 0.717) is 17.6 Å². The maximum Gasteiger partial charge on any atom is 0.250 e. The van der Waals surface area contributed by atoms with Crippen molar-refractivity contribution >= 4 is 34.7 Å². The van der Waals surface area contributed by atoms with Crippen LogP contribution in [0, 0.1) is 0 Å². The number of aromatic nitrogens is 4. The van der Waals surface area contributed by atoms with Crippen LogP contribution < -0.4 is 4.90 Å². The van der Waals surface area contributed by atoms with E-state index in [-0.39, 0.29) is 12.5 Å². The number of carbonyl (C=O) groups excluding carboxylic acids is 1. The van der Waals surface area contributed by atoms with E-state index in [0.717, 1.165) is 21.9 Å². The largest absolute Gasteiger partial charge is 0.310 e. The minimum atomic E-state index is -0.0164. The van der Waals surface area contributed by atoms with Crippen molar-refractivity contribution < 1.29 is 4.79 Å². The van der Waals surface area contributed by atoms with Crippen LogP contribution in [0.5, 0.6) is 0 Å². The number of thioether (sulfide) groups is 1. The monoisotopic (exact) mass is 371 g/mol. The van der Waals surface area contributed by atoms with Crippen LogP contribution in [0.3, 0.4) is 0 Å². The predicted octanol–water partition coefficient (Wildman–Crippen LogP) is 3.32. The first-order valence-electron chi connectivity index (χ1n) is 8.08. The Hall–Kier alpha value is -2.19. The molecule has 0 saturated carbocycles. The number of rotatable bonds is 3. The van der Waals surface area contributed by atoms with Gasteiger partial charge in [0.05, 0.1) is 10.6 Å². The molecule has 1 aromatic carbocycles. The number of amides is 1. The molecular formula is C17H17N5OS2. The van der Waals surface area contributed by atoms with Gasteiger partial charge in [-0.1, -0.05) is 25.1 Å². The fourth-order valence-corrected chi connectivity index (χ4v) is 4.53. The first-order chi connectivity index (χ1) is 12.2. The molecule has 3 aromatic rings. The summed E-state index contributed by atoms with van der Waals surface area (Å²) in [6.45, 7) is 2.99. The summed E-state index contributed by atoms with van der Waals surface area (Å²) in [4.78, 5) is 18.2. The lowest BCUT2D eigenvalue weighted by molar-refractivity contribution is -0.119. The Morgan fingerprint density at radius 1 is 1.28 bits per heavy atom. The van der Waals surface area contributed by atoms with Crippen molar-refractivity contribution in [1.29, 1.82) is 0 Å². The molecule has 4 rings (SSSR count). The molecule has 0 radical (unpaired) electrons. The first kappa shape index (κ1) is 16.3. The Kier molecular flexibility index (Phi) is 4.54. The zero-order valence-electron chi connectivity index (χ0n) is 13.7. The van der Waals surface area contributed by atoms with Crippen molar-refractivity contribution in [2.75, 3.05) is 11.4 Å². The number of hydrogen-bond donors (Lipinski definition) is 0. The van der Waals surface area contributed by atoms with E-state index in [1.807, 2.05) is 52.4 Å². The zero-order valence-corrected chi connectivity index (χ0v) is 15.3. The second-order valence-corrected chi connectivity index (χ2v) is 8.28. The van der Waals surface area contributed by atoms with E-state index in [9.17, 15) is 4.79 Å². The number of fused-ring (bicyclic) bond motifs is 1. The van der Waals surface area contributed by atoms with Gasteiger partial charge in [0.15, 0.2) is 0 Å². The molecule has 128 valence electrons. The van der Waals surface area contributed by atoms with Crippen LogP contribution in [-0.2, 0) is 11.3 Å². The molecule has 0 spiro atoms. The fourth-order valence-electron chi connectivity index (χ4n) is 2.77. The third kappa shape index (κ3) is 3.45. The highest BCUT2D eigenvalue weighted by molar-refractivity contribution is 8.00. The standard InChI is InChI=1S/C17H17N5OS2/c1-12-8-9-21(13-5-2-3-6-14(13)25-12)16(23)11-22-19-17(18-20-22)15-7-4-10-24-15/h2-7,10,12H,8-9,11H2,1H3/t12-/m0/s1. The molecular weight excluding hydrogens is 354 g/mol. The topological polar surface area (TPSA) is 63.9 Å². The summed E-state index contributed by atoms with van der Waals surface area (Å²) in [5, 5.41) is 14.9. The molecule has 2 aromatic heterocycles. The van der Waals surface area contributed by atoms with Gasteiger partial charge in [-0.25, -0.2) is 0 Å². The molecule has 1 atom stereocenters. The lowest BCUT2D eigenvalue weighted by atomic mass is 10.2. The van der Waals surface area contributed by atoms with Gasteiger partial charge >= 0.3 is 0 Å². The van der Waals surface area contributed by atoms with Crippen LogP contribution in [0.15, 0.2) is 46.7 Å². The molecule has 8 heteroatoms. The maximum atomic E-state index is 12.9. The van der Waals surface area contributed by atoms with Gasteiger partial charge in [0.2, 0.25) is 5.82 Å². The molecule has 1 aliphatic heterocycles. The lowest BCUT2D eigenvalue weighted by Gasteiger charge is -2.22. The zero-order chi connectivity index (χ0) is 17.2. The number of tetrazole rings is 1. The molecule has 0 unspecified atom stereocenters. The number of carbonyl (C=O) groups is 1. The Bertz CT molecular complexity index is 877. The highest BCUT2D eigenvalue weighted by atomic mass is 32.2. The number of benzene rings is 1. The summed E-state index contributed by atoms with van der Waals surface area (Å²) in [6, 6.07) is 11.9. The predicted molar refractivity (Wildman–Crippen MR) is 99.9 cm³/mol. The van der Waals surface area contributed by atoms with Crippen molar-refractivity contribution in [2.45, 2.75) is 30.0 Å². The molecule has 0 fully saturated rings. The third-order valence-corrected chi connectivity index (χ3v) is 6.12. The lowest BCUT2D eigenvalue weighted by Crippen LogP contribution is -2.35. The normalized spacial score (nSPS) is 17.2. The van der Waals surface area contributed by atoms with Crippen molar-refractivity contribution in [1.82, 2.24) is 20.2 Å². The molecule has 0 bridgehead atoms. The fraction of sp³-hybridized carbons (Fsp3) is 0.294. The summed E-state index contributed by atoms with van der Waals surface area (Å²) >= 11 is 3.37. The average Bonchev–Trinajstić information content (AvgIpc) is 3.25. The van der Waals surface area contributed by atoms with Crippen molar-refractivity contribution in [3.63, 3.8) is 0 Å². The van der Waals surface area contributed by atoms with Gasteiger partial charge in [0, 0.05) is 16.7 Å². The molecule has 0 aliphatic carbocycles. The van der Waals surface area contributed by atoms with E-state index < -0.39 is 0 Å². The van der Waals surface area contributed by atoms with Crippen LogP contribution in [0.25, 0.3) is 10.7 Å². The van der Waals surface area contributed by atoms with Gasteiger partial charge in [0.25, 0.3) is 5.91 Å². The smallest absolute Gasteiger partial charge is 0.250 e. The van der Waals surface area contributed by atoms with E-state index in [2.05, 4.69) is 28.4 Å². The molecule has 25 heavy (non-hydrogen) atoms. The number of hydrogen-bond acceptors (Lipinski definition) is 6. The maximum absolute atomic E-state index is 12.9. The van der Waals surface area contributed by atoms with Gasteiger partial charge in [-0.15, -0.1) is 33.3 Å². The second kappa shape index (κ2) is 6.97. The van der Waals surface area contributed by atoms with Crippen molar-refractivity contribution in [2.24, 2.45) is 0 Å². The van der Waals surface area contributed by atoms with Crippen LogP contribution in [0.4, 0.5) is 5.69 Å². The van der Waals surface area contributed by atoms with E-state index in [1.165, 1.54) is 4.80 Å². The van der Waals surface area contributed by atoms with Crippen LogP contribution >= 0.6 is 23.1 Å². The molecule has 6 nitrogen and oxygen atoms in total. The number of anilines is 1. The molecule has 3 heterocycles. The highest BCUT2D eigenvalue weighted by Gasteiger charge is 2.24. The van der Waals surface area contributed by atoms with Crippen LogP contribution in [0.2, 0.25) is 0 Å². The Labute approximate surface area is 153 Å². The summed E-state index contributed by atoms with van der Waals surface area (Å²) in [7, 11) is 0. The Morgan fingerprint density at radius 3 is 3.00 bits per heavy atom. The Morgan fingerprint density at radius 2 is 2.16 bits per heavy atom. The molecule has 0 N–H and O–H groups in total. The van der Waals surface area contributed by atoms with Gasteiger partial charge in [-0.05, 0) is 35.2 Å². The minimum Gasteiger partial charge on any atom is -0.310 e. The van der Waals surface area contributed by atoms with Crippen molar-refractivity contribution in [3.05, 3.63) is 41.8 Å². The third-order valence-electron chi connectivity index (χ3n) is 4.02. The molecule has 1 aliphatic rings. The minimum absolute atomic E-state index is 0.0164. The van der Waals surface area contributed by atoms with Gasteiger partial charge in [0.1, 0.15) is 6.54 Å². The van der Waals surface area contributed by atoms with E-state index >= 15 is 0 Å². The highest BCUT2D eigenvalue weighted by Crippen LogP contribution is 2.37. The number of thiophene rings is 1. The first-order valence-corrected chi connectivity index (χ1v) is 9.84. The summed E-state index contributed by atoms with van der Waals surface area (Å²) in [5.41, 5.74) is 0.973. The summed E-state index contributed by atoms with van der Waals surface area (Å²) in [6.07, 6.45) is 0.955. The molecule has 1 amide bonds. The summed E-state index contributed by atoms with van der Waals surface area (Å²) < 4.78 is 0. The van der Waals surface area contributed by atoms with Gasteiger partial charge in [-0.3, -0.25) is 4.79 Å². The van der Waals surface area contributed by atoms with Crippen molar-refractivity contribution in [3.8, 4) is 10.7 Å². The quantitative estimate of drug-likeness (QED) is 0.707. The molecule has 0 saturated heterocycles. The van der Waals surface area contributed by atoms with E-state index in [4.69, 9.17) is 0 Å².